The van der Waals surface area contributed by atoms with Crippen molar-refractivity contribution in [2.75, 3.05) is 0 Å². The van der Waals surface area contributed by atoms with Gasteiger partial charge < -0.3 is 5.73 Å². The fraction of sp³-hybridized carbons (Fsp3) is 0.960. The highest BCUT2D eigenvalue weighted by atomic mass is 19.1. The molecule has 5 aliphatic rings. The molecule has 0 aromatic rings. The molecule has 0 aliphatic heterocycles. The van der Waals surface area contributed by atoms with Crippen LogP contribution in [0.3, 0.4) is 0 Å². The second-order valence-electron chi connectivity index (χ2n) is 11.7. The summed E-state index contributed by atoms with van der Waals surface area (Å²) in [5, 5.41) is 9.23. The van der Waals surface area contributed by atoms with Gasteiger partial charge in [0, 0.05) is 6.04 Å². The van der Waals surface area contributed by atoms with Crippen molar-refractivity contribution >= 4 is 0 Å². The maximum atomic E-state index is 14.6. The van der Waals surface area contributed by atoms with E-state index in [0.717, 1.165) is 42.4 Å². The van der Waals surface area contributed by atoms with Crippen molar-refractivity contribution in [2.45, 2.75) is 96.2 Å². The van der Waals surface area contributed by atoms with Crippen LogP contribution in [0, 0.1) is 64.1 Å². The fourth-order valence-electron chi connectivity index (χ4n) is 8.66. The molecular weight excluding hydrogens is 347 g/mol. The molecule has 2 N–H and O–H groups in total. The monoisotopic (exact) mass is 386 g/mol. The highest BCUT2D eigenvalue weighted by Gasteiger charge is 2.56. The molecular formula is C25H39FN2. The topological polar surface area (TPSA) is 49.8 Å². The lowest BCUT2D eigenvalue weighted by atomic mass is 9.57. The molecule has 0 heterocycles. The van der Waals surface area contributed by atoms with Crippen LogP contribution in [0.4, 0.5) is 4.39 Å². The Balaban J connectivity index is 1.33. The van der Waals surface area contributed by atoms with Gasteiger partial charge in [-0.2, -0.15) is 5.26 Å². The predicted octanol–water partition coefficient (Wildman–Crippen LogP) is 5.86. The molecule has 156 valence electrons. The van der Waals surface area contributed by atoms with Crippen LogP contribution < -0.4 is 5.73 Å². The molecule has 10 atom stereocenters. The maximum absolute atomic E-state index is 14.6. The molecule has 0 spiro atoms. The molecule has 5 aliphatic carbocycles. The normalized spacial score (nSPS) is 52.4. The Bertz CT molecular complexity index is 623. The van der Waals surface area contributed by atoms with Gasteiger partial charge in [-0.3, -0.25) is 0 Å². The van der Waals surface area contributed by atoms with Crippen LogP contribution in [-0.4, -0.2) is 12.2 Å². The van der Waals surface area contributed by atoms with Crippen LogP contribution in [0.15, 0.2) is 0 Å². The van der Waals surface area contributed by atoms with Gasteiger partial charge >= 0.3 is 0 Å². The zero-order chi connectivity index (χ0) is 19.5. The van der Waals surface area contributed by atoms with E-state index in [0.29, 0.717) is 29.7 Å². The molecule has 5 rings (SSSR count). The van der Waals surface area contributed by atoms with Gasteiger partial charge in [-0.05, 0) is 111 Å². The van der Waals surface area contributed by atoms with Gasteiger partial charge in [0.25, 0.3) is 0 Å². The second kappa shape index (κ2) is 7.26. The average Bonchev–Trinajstić information content (AvgIpc) is 3.23. The number of rotatable bonds is 4. The van der Waals surface area contributed by atoms with Crippen molar-refractivity contribution in [2.24, 2.45) is 58.5 Å². The first-order valence-electron chi connectivity index (χ1n) is 12.3. The zero-order valence-corrected chi connectivity index (χ0v) is 17.7. The van der Waals surface area contributed by atoms with E-state index in [9.17, 15) is 9.65 Å². The van der Waals surface area contributed by atoms with Gasteiger partial charge in [-0.1, -0.05) is 19.8 Å². The maximum Gasteiger partial charge on any atom is 0.116 e. The summed E-state index contributed by atoms with van der Waals surface area (Å²) in [4.78, 5) is 0. The third kappa shape index (κ3) is 3.23. The quantitative estimate of drug-likeness (QED) is 0.658. The van der Waals surface area contributed by atoms with Crippen molar-refractivity contribution in [1.29, 1.82) is 5.26 Å². The first-order valence-corrected chi connectivity index (χ1v) is 12.3. The molecule has 5 saturated carbocycles. The molecule has 0 saturated heterocycles. The van der Waals surface area contributed by atoms with Crippen LogP contribution >= 0.6 is 0 Å². The number of halogens is 1. The molecule has 2 bridgehead atoms. The minimum atomic E-state index is -0.888. The Hall–Kier alpha value is -0.620. The Kier molecular flexibility index (Phi) is 5.02. The van der Waals surface area contributed by atoms with Gasteiger partial charge in [0.05, 0.1) is 12.0 Å². The fourth-order valence-corrected chi connectivity index (χ4v) is 8.66. The lowest BCUT2D eigenvalue weighted by Gasteiger charge is -2.48. The minimum Gasteiger partial charge on any atom is -0.327 e. The number of nitriles is 1. The van der Waals surface area contributed by atoms with E-state index in [2.05, 4.69) is 13.0 Å². The van der Waals surface area contributed by atoms with Crippen LogP contribution in [0.2, 0.25) is 0 Å². The lowest BCUT2D eigenvalue weighted by Crippen LogP contribution is -2.42. The molecule has 0 aromatic heterocycles. The number of hydrogen-bond donors (Lipinski definition) is 1. The third-order valence-electron chi connectivity index (χ3n) is 10.2. The Morgan fingerprint density at radius 3 is 2.39 bits per heavy atom. The minimum absolute atomic E-state index is 0.346. The SMILES string of the molecule is CC1(C2C(C[C@H]3C4CC[C@H]3C(N)C4)CCCC2C2CCC(C#N)C(F)C2)CC1. The molecule has 8 unspecified atom stereocenters. The molecule has 0 radical (unpaired) electrons. The summed E-state index contributed by atoms with van der Waals surface area (Å²) < 4.78 is 14.6. The van der Waals surface area contributed by atoms with E-state index >= 15 is 0 Å². The zero-order valence-electron chi connectivity index (χ0n) is 17.7. The number of hydrogen-bond acceptors (Lipinski definition) is 2. The molecule has 3 heteroatoms. The van der Waals surface area contributed by atoms with Crippen molar-refractivity contribution in [1.82, 2.24) is 0 Å². The summed E-state index contributed by atoms with van der Waals surface area (Å²) in [6.07, 6.45) is 13.9. The largest absolute Gasteiger partial charge is 0.327 e. The summed E-state index contributed by atoms with van der Waals surface area (Å²) in [6.45, 7) is 2.53. The van der Waals surface area contributed by atoms with Gasteiger partial charge in [0.15, 0.2) is 0 Å². The van der Waals surface area contributed by atoms with Gasteiger partial charge in [-0.25, -0.2) is 4.39 Å². The van der Waals surface area contributed by atoms with Crippen molar-refractivity contribution in [3.05, 3.63) is 0 Å². The first-order chi connectivity index (χ1) is 13.5. The third-order valence-corrected chi connectivity index (χ3v) is 10.2. The highest BCUT2D eigenvalue weighted by Crippen LogP contribution is 2.64. The number of fused-ring (bicyclic) bond motifs is 2. The van der Waals surface area contributed by atoms with E-state index in [1.165, 1.54) is 57.8 Å². The lowest BCUT2D eigenvalue weighted by molar-refractivity contribution is 0.00112. The van der Waals surface area contributed by atoms with Crippen LogP contribution in [0.1, 0.15) is 84.0 Å². The summed E-state index contributed by atoms with van der Waals surface area (Å²) in [6, 6.07) is 2.69. The van der Waals surface area contributed by atoms with Gasteiger partial charge in [0.1, 0.15) is 6.17 Å². The highest BCUT2D eigenvalue weighted by molar-refractivity contribution is 5.06. The van der Waals surface area contributed by atoms with Crippen molar-refractivity contribution < 1.29 is 4.39 Å². The van der Waals surface area contributed by atoms with Crippen molar-refractivity contribution in [3.8, 4) is 6.07 Å². The van der Waals surface area contributed by atoms with Crippen LogP contribution in [0.5, 0.6) is 0 Å². The smallest absolute Gasteiger partial charge is 0.116 e. The summed E-state index contributed by atoms with van der Waals surface area (Å²) in [5.41, 5.74) is 6.99. The Morgan fingerprint density at radius 2 is 1.79 bits per heavy atom. The van der Waals surface area contributed by atoms with Crippen molar-refractivity contribution in [3.63, 3.8) is 0 Å². The van der Waals surface area contributed by atoms with Gasteiger partial charge in [0.2, 0.25) is 0 Å². The number of nitrogens with two attached hydrogens (primary N) is 1. The summed E-state index contributed by atoms with van der Waals surface area (Å²) in [5.74, 6) is 5.09. The Labute approximate surface area is 170 Å². The van der Waals surface area contributed by atoms with Gasteiger partial charge in [-0.15, -0.1) is 0 Å². The summed E-state index contributed by atoms with van der Waals surface area (Å²) in [7, 11) is 0. The molecule has 0 amide bonds. The molecule has 0 aromatic carbocycles. The van der Waals surface area contributed by atoms with E-state index in [-0.39, 0.29) is 5.92 Å². The Morgan fingerprint density at radius 1 is 1.00 bits per heavy atom. The standard InChI is InChI=1S/C25H39FN2/c1-25(9-10-25)24-17(11-21-16-7-8-20(21)23(28)13-16)3-2-4-19(24)15-5-6-18(14-27)22(26)12-15/h15-24H,2-13,28H2,1H3/t15?,16?,17?,18?,19?,20-,21+,22?,23?,24?/m1/s1. The predicted molar refractivity (Wildman–Crippen MR) is 110 cm³/mol. The van der Waals surface area contributed by atoms with E-state index in [4.69, 9.17) is 5.73 Å². The molecule has 5 fully saturated rings. The van der Waals surface area contributed by atoms with E-state index < -0.39 is 6.17 Å². The molecule has 28 heavy (non-hydrogen) atoms. The average molecular weight is 387 g/mol. The van der Waals surface area contributed by atoms with Crippen LogP contribution in [0.25, 0.3) is 0 Å². The van der Waals surface area contributed by atoms with Crippen LogP contribution in [-0.2, 0) is 0 Å². The van der Waals surface area contributed by atoms with E-state index in [1.54, 1.807) is 0 Å². The second-order valence-corrected chi connectivity index (χ2v) is 11.7. The van der Waals surface area contributed by atoms with E-state index in [1.807, 2.05) is 0 Å². The molecule has 2 nitrogen and oxygen atoms in total. The summed E-state index contributed by atoms with van der Waals surface area (Å²) >= 11 is 0. The number of nitrogens with zero attached hydrogens (tertiary/aromatic N) is 1. The first kappa shape index (κ1) is 19.3. The number of alkyl halides is 1.